The van der Waals surface area contributed by atoms with E-state index < -0.39 is 10.0 Å². The smallest absolute Gasteiger partial charge is 0.262 e. The third-order valence-corrected chi connectivity index (χ3v) is 5.69. The van der Waals surface area contributed by atoms with Gasteiger partial charge in [-0.15, -0.1) is 0 Å². The number of aromatic nitrogens is 3. The molecular weight excluding hydrogens is 288 g/mol. The molecule has 0 N–H and O–H groups in total. The number of aryl methyl sites for hydroxylation is 1. The lowest BCUT2D eigenvalue weighted by Gasteiger charge is -2.37. The van der Waals surface area contributed by atoms with Crippen LogP contribution in [0.5, 0.6) is 0 Å². The molecule has 1 aliphatic rings. The Balaban J connectivity index is 2.06. The number of fused-ring (bicyclic) bond motifs is 1. The van der Waals surface area contributed by atoms with Crippen molar-refractivity contribution in [3.8, 4) is 0 Å². The maximum atomic E-state index is 12.9. The van der Waals surface area contributed by atoms with E-state index in [1.54, 1.807) is 22.1 Å². The van der Waals surface area contributed by atoms with Gasteiger partial charge in [-0.05, 0) is 18.1 Å². The first-order valence-corrected chi connectivity index (χ1v) is 8.50. The Morgan fingerprint density at radius 1 is 1.33 bits per heavy atom. The van der Waals surface area contributed by atoms with Crippen molar-refractivity contribution in [2.45, 2.75) is 31.5 Å². The van der Waals surface area contributed by atoms with E-state index >= 15 is 0 Å². The zero-order valence-electron chi connectivity index (χ0n) is 12.5. The zero-order valence-corrected chi connectivity index (χ0v) is 13.3. The zero-order chi connectivity index (χ0) is 15.2. The Morgan fingerprint density at radius 3 is 2.71 bits per heavy atom. The predicted molar refractivity (Wildman–Crippen MR) is 79.1 cm³/mol. The molecule has 114 valence electrons. The quantitative estimate of drug-likeness (QED) is 0.866. The van der Waals surface area contributed by atoms with Crippen LogP contribution in [0.4, 0.5) is 0 Å². The fourth-order valence-electron chi connectivity index (χ4n) is 2.98. The van der Waals surface area contributed by atoms with E-state index in [0.717, 1.165) is 5.69 Å². The van der Waals surface area contributed by atoms with Crippen LogP contribution in [-0.4, -0.2) is 33.4 Å². The monoisotopic (exact) mass is 308 g/mol. The van der Waals surface area contributed by atoms with E-state index in [9.17, 15) is 8.42 Å². The van der Waals surface area contributed by atoms with Gasteiger partial charge in [0, 0.05) is 38.2 Å². The van der Waals surface area contributed by atoms with E-state index in [-0.39, 0.29) is 17.0 Å². The summed E-state index contributed by atoms with van der Waals surface area (Å²) in [5, 5.41) is 0.121. The lowest BCUT2D eigenvalue weighted by molar-refractivity contribution is 0.214. The highest BCUT2D eigenvalue weighted by Crippen LogP contribution is 2.35. The van der Waals surface area contributed by atoms with E-state index in [1.807, 2.05) is 32.2 Å². The van der Waals surface area contributed by atoms with Gasteiger partial charge in [0.05, 0.1) is 12.4 Å². The highest BCUT2D eigenvalue weighted by Gasteiger charge is 2.39. The maximum absolute atomic E-state index is 12.9. The lowest BCUT2D eigenvalue weighted by atomic mass is 9.99. The standard InChI is InChI=1S/C14H20N4O2S/c1-11(2)14-12-5-4-6-17(12)7-8-18(14)21(19,20)13-9-16(3)10-15-13/h4-6,9-11,14H,7-8H2,1-3H3/t14-/m1/s1. The molecule has 0 saturated heterocycles. The van der Waals surface area contributed by atoms with Gasteiger partial charge in [-0.1, -0.05) is 13.8 Å². The van der Waals surface area contributed by atoms with Crippen LogP contribution in [-0.2, 0) is 23.6 Å². The molecule has 1 atom stereocenters. The molecule has 0 bridgehead atoms. The number of nitrogens with zero attached hydrogens (tertiary/aromatic N) is 4. The molecule has 0 amide bonds. The van der Waals surface area contributed by atoms with Gasteiger partial charge in [-0.25, -0.2) is 13.4 Å². The second kappa shape index (κ2) is 4.99. The van der Waals surface area contributed by atoms with Gasteiger partial charge in [0.25, 0.3) is 10.0 Å². The van der Waals surface area contributed by atoms with Gasteiger partial charge in [0.2, 0.25) is 0 Å². The fourth-order valence-corrected chi connectivity index (χ4v) is 4.67. The van der Waals surface area contributed by atoms with Crippen LogP contribution < -0.4 is 0 Å². The molecular formula is C14H20N4O2S. The second-order valence-electron chi connectivity index (χ2n) is 5.81. The fraction of sp³-hybridized carbons (Fsp3) is 0.500. The van der Waals surface area contributed by atoms with Crippen molar-refractivity contribution in [1.29, 1.82) is 0 Å². The highest BCUT2D eigenvalue weighted by atomic mass is 32.2. The Hall–Kier alpha value is -1.60. The molecule has 0 unspecified atom stereocenters. The third-order valence-electron chi connectivity index (χ3n) is 3.92. The summed E-state index contributed by atoms with van der Waals surface area (Å²) in [6.07, 6.45) is 5.08. The minimum atomic E-state index is -3.57. The first-order chi connectivity index (χ1) is 9.91. The van der Waals surface area contributed by atoms with Crippen LogP contribution in [0.2, 0.25) is 0 Å². The highest BCUT2D eigenvalue weighted by molar-refractivity contribution is 7.89. The van der Waals surface area contributed by atoms with Crippen LogP contribution >= 0.6 is 0 Å². The maximum Gasteiger partial charge on any atom is 0.262 e. The summed E-state index contributed by atoms with van der Waals surface area (Å²) in [4.78, 5) is 4.03. The minimum Gasteiger partial charge on any atom is -0.349 e. The average Bonchev–Trinajstić information content (AvgIpc) is 3.05. The van der Waals surface area contributed by atoms with Crippen LogP contribution in [0.3, 0.4) is 0 Å². The molecule has 6 nitrogen and oxygen atoms in total. The topological polar surface area (TPSA) is 60.1 Å². The molecule has 3 rings (SSSR count). The Labute approximate surface area is 125 Å². The van der Waals surface area contributed by atoms with Crippen LogP contribution in [0, 0.1) is 5.92 Å². The predicted octanol–water partition coefficient (Wildman–Crippen LogP) is 1.62. The summed E-state index contributed by atoms with van der Waals surface area (Å²) < 4.78 is 31.2. The lowest BCUT2D eigenvalue weighted by Crippen LogP contribution is -2.43. The number of sulfonamides is 1. The third kappa shape index (κ3) is 2.30. The number of imidazole rings is 1. The Morgan fingerprint density at radius 2 is 2.10 bits per heavy atom. The Kier molecular flexibility index (Phi) is 3.41. The normalized spacial score (nSPS) is 19.9. The summed E-state index contributed by atoms with van der Waals surface area (Å²) in [7, 11) is -1.80. The molecule has 2 aromatic rings. The van der Waals surface area contributed by atoms with Gasteiger partial charge >= 0.3 is 0 Å². The molecule has 2 aromatic heterocycles. The molecule has 0 aromatic carbocycles. The van der Waals surface area contributed by atoms with E-state index in [1.165, 1.54) is 6.33 Å². The average molecular weight is 308 g/mol. The summed E-state index contributed by atoms with van der Waals surface area (Å²) in [5.74, 6) is 0.192. The van der Waals surface area contributed by atoms with Crippen molar-refractivity contribution in [2.24, 2.45) is 13.0 Å². The van der Waals surface area contributed by atoms with E-state index in [4.69, 9.17) is 0 Å². The van der Waals surface area contributed by atoms with Crippen molar-refractivity contribution in [3.05, 3.63) is 36.5 Å². The summed E-state index contributed by atoms with van der Waals surface area (Å²) in [6, 6.07) is 3.83. The van der Waals surface area contributed by atoms with Crippen molar-refractivity contribution < 1.29 is 8.42 Å². The molecule has 1 aliphatic heterocycles. The van der Waals surface area contributed by atoms with E-state index in [0.29, 0.717) is 13.1 Å². The van der Waals surface area contributed by atoms with Crippen molar-refractivity contribution in [2.75, 3.05) is 6.54 Å². The molecule has 0 saturated carbocycles. The molecule has 3 heterocycles. The van der Waals surface area contributed by atoms with Crippen molar-refractivity contribution in [1.82, 2.24) is 18.4 Å². The molecule has 21 heavy (non-hydrogen) atoms. The first-order valence-electron chi connectivity index (χ1n) is 7.06. The van der Waals surface area contributed by atoms with Crippen molar-refractivity contribution >= 4 is 10.0 Å². The summed E-state index contributed by atoms with van der Waals surface area (Å²) >= 11 is 0. The number of hydrogen-bond donors (Lipinski definition) is 0. The molecule has 7 heteroatoms. The molecule has 0 radical (unpaired) electrons. The SMILES string of the molecule is CC(C)[C@@H]1c2cccn2CCN1S(=O)(=O)c1cn(C)cn1. The molecule has 0 fully saturated rings. The summed E-state index contributed by atoms with van der Waals surface area (Å²) in [5.41, 5.74) is 1.05. The first kappa shape index (κ1) is 14.3. The second-order valence-corrected chi connectivity index (χ2v) is 7.65. The molecule has 0 aliphatic carbocycles. The largest absolute Gasteiger partial charge is 0.349 e. The molecule has 0 spiro atoms. The number of rotatable bonds is 3. The van der Waals surface area contributed by atoms with Crippen LogP contribution in [0.15, 0.2) is 35.9 Å². The van der Waals surface area contributed by atoms with Crippen molar-refractivity contribution in [3.63, 3.8) is 0 Å². The van der Waals surface area contributed by atoms with Gasteiger partial charge in [-0.2, -0.15) is 4.31 Å². The van der Waals surface area contributed by atoms with Crippen LogP contribution in [0.1, 0.15) is 25.6 Å². The Bertz CT molecular complexity index is 745. The van der Waals surface area contributed by atoms with Gasteiger partial charge in [0.15, 0.2) is 5.03 Å². The van der Waals surface area contributed by atoms with Gasteiger partial charge in [-0.3, -0.25) is 0 Å². The van der Waals surface area contributed by atoms with E-state index in [2.05, 4.69) is 9.55 Å². The number of hydrogen-bond acceptors (Lipinski definition) is 3. The minimum absolute atomic E-state index is 0.121. The van der Waals surface area contributed by atoms with Crippen LogP contribution in [0.25, 0.3) is 0 Å². The van der Waals surface area contributed by atoms with Gasteiger partial charge in [0.1, 0.15) is 0 Å². The van der Waals surface area contributed by atoms with Gasteiger partial charge < -0.3 is 9.13 Å². The summed E-state index contributed by atoms with van der Waals surface area (Å²) in [6.45, 7) is 5.25.